The fourth-order valence-electron chi connectivity index (χ4n) is 2.38. The zero-order valence-electron chi connectivity index (χ0n) is 10.7. The number of nitro groups is 1. The Morgan fingerprint density at radius 3 is 2.84 bits per heavy atom. The van der Waals surface area contributed by atoms with E-state index in [0.29, 0.717) is 30.0 Å². The predicted octanol–water partition coefficient (Wildman–Crippen LogP) is 2.76. The Hall–Kier alpha value is -1.21. The Morgan fingerprint density at radius 2 is 2.26 bits per heavy atom. The van der Waals surface area contributed by atoms with Crippen LogP contribution >= 0.6 is 15.9 Å². The Balaban J connectivity index is 2.37. The first-order valence-corrected chi connectivity index (χ1v) is 7.07. The Bertz CT molecular complexity index is 464. The maximum absolute atomic E-state index is 11.2. The molecule has 1 aliphatic heterocycles. The fourth-order valence-corrected chi connectivity index (χ4v) is 2.82. The maximum atomic E-state index is 11.2. The molecule has 1 aliphatic rings. The van der Waals surface area contributed by atoms with Crippen molar-refractivity contribution in [1.82, 2.24) is 4.98 Å². The number of anilines is 1. The van der Waals surface area contributed by atoms with Crippen molar-refractivity contribution in [2.24, 2.45) is 0 Å². The summed E-state index contributed by atoms with van der Waals surface area (Å²) in [4.78, 5) is 17.1. The van der Waals surface area contributed by atoms with Gasteiger partial charge < -0.3 is 9.64 Å². The van der Waals surface area contributed by atoms with Crippen molar-refractivity contribution in [3.8, 4) is 0 Å². The van der Waals surface area contributed by atoms with Crippen LogP contribution in [0.25, 0.3) is 0 Å². The SMILES string of the molecule is CCN(c1nccc(Br)c1[N+](=O)[O-])C1CCOCC1. The van der Waals surface area contributed by atoms with E-state index in [2.05, 4.69) is 20.9 Å². The van der Waals surface area contributed by atoms with E-state index < -0.39 is 0 Å². The normalized spacial score (nSPS) is 16.3. The summed E-state index contributed by atoms with van der Waals surface area (Å²) in [6.07, 6.45) is 3.34. The summed E-state index contributed by atoms with van der Waals surface area (Å²) < 4.78 is 5.81. The van der Waals surface area contributed by atoms with Gasteiger partial charge in [-0.1, -0.05) is 0 Å². The number of pyridine rings is 1. The number of rotatable bonds is 4. The second-order valence-electron chi connectivity index (χ2n) is 4.35. The van der Waals surface area contributed by atoms with Gasteiger partial charge in [-0.05, 0) is 41.8 Å². The molecule has 0 atom stereocenters. The monoisotopic (exact) mass is 329 g/mol. The van der Waals surface area contributed by atoms with Gasteiger partial charge in [-0.2, -0.15) is 0 Å². The van der Waals surface area contributed by atoms with Gasteiger partial charge >= 0.3 is 5.69 Å². The molecular formula is C12H16BrN3O3. The summed E-state index contributed by atoms with van der Waals surface area (Å²) in [5.74, 6) is 0.439. The molecule has 0 saturated carbocycles. The lowest BCUT2D eigenvalue weighted by Gasteiger charge is -2.34. The molecule has 0 radical (unpaired) electrons. The van der Waals surface area contributed by atoms with Gasteiger partial charge in [0.15, 0.2) is 0 Å². The molecule has 0 bridgehead atoms. The number of aromatic nitrogens is 1. The average Bonchev–Trinajstić information content (AvgIpc) is 2.40. The van der Waals surface area contributed by atoms with E-state index in [9.17, 15) is 10.1 Å². The van der Waals surface area contributed by atoms with Crippen LogP contribution in [0.5, 0.6) is 0 Å². The second-order valence-corrected chi connectivity index (χ2v) is 5.21. The van der Waals surface area contributed by atoms with Crippen LogP contribution in [0.4, 0.5) is 11.5 Å². The molecule has 0 N–H and O–H groups in total. The fraction of sp³-hybridized carbons (Fsp3) is 0.583. The Kier molecular flexibility index (Phi) is 4.71. The zero-order valence-corrected chi connectivity index (χ0v) is 12.3. The van der Waals surface area contributed by atoms with Gasteiger partial charge in [0.1, 0.15) is 4.47 Å². The minimum atomic E-state index is -0.381. The van der Waals surface area contributed by atoms with E-state index in [-0.39, 0.29) is 16.7 Å². The van der Waals surface area contributed by atoms with Crippen molar-refractivity contribution in [3.05, 3.63) is 26.9 Å². The largest absolute Gasteiger partial charge is 0.381 e. The van der Waals surface area contributed by atoms with Crippen LogP contribution in [0.15, 0.2) is 16.7 Å². The summed E-state index contributed by atoms with van der Waals surface area (Å²) in [5.41, 5.74) is 0.0378. The van der Waals surface area contributed by atoms with Gasteiger partial charge in [-0.25, -0.2) is 4.98 Å². The summed E-state index contributed by atoms with van der Waals surface area (Å²) in [5, 5.41) is 11.2. The standard InChI is InChI=1S/C12H16BrN3O3/c1-2-15(9-4-7-19-8-5-9)12-11(16(17)18)10(13)3-6-14-12/h3,6,9H,2,4-5,7-8H2,1H3. The molecule has 1 saturated heterocycles. The van der Waals surface area contributed by atoms with Crippen molar-refractivity contribution in [1.29, 1.82) is 0 Å². The molecule has 0 unspecified atom stereocenters. The summed E-state index contributed by atoms with van der Waals surface area (Å²) >= 11 is 3.24. The Labute approximate surface area is 120 Å². The van der Waals surface area contributed by atoms with Gasteiger partial charge in [-0.3, -0.25) is 10.1 Å². The molecule has 19 heavy (non-hydrogen) atoms. The maximum Gasteiger partial charge on any atom is 0.325 e. The molecule has 7 heteroatoms. The molecule has 6 nitrogen and oxygen atoms in total. The van der Waals surface area contributed by atoms with Crippen LogP contribution in [0.3, 0.4) is 0 Å². The lowest BCUT2D eigenvalue weighted by atomic mass is 10.1. The number of hydrogen-bond donors (Lipinski definition) is 0. The minimum Gasteiger partial charge on any atom is -0.381 e. The number of hydrogen-bond acceptors (Lipinski definition) is 5. The highest BCUT2D eigenvalue weighted by molar-refractivity contribution is 9.10. The molecular weight excluding hydrogens is 314 g/mol. The van der Waals surface area contributed by atoms with Crippen LogP contribution in [0, 0.1) is 10.1 Å². The molecule has 0 aromatic carbocycles. The first-order chi connectivity index (χ1) is 9.15. The second kappa shape index (κ2) is 6.29. The topological polar surface area (TPSA) is 68.5 Å². The third-order valence-electron chi connectivity index (χ3n) is 3.28. The van der Waals surface area contributed by atoms with E-state index in [1.807, 2.05) is 11.8 Å². The molecule has 0 spiro atoms. The van der Waals surface area contributed by atoms with Crippen molar-refractivity contribution in [2.45, 2.75) is 25.8 Å². The molecule has 0 aliphatic carbocycles. The third-order valence-corrected chi connectivity index (χ3v) is 3.92. The highest BCUT2D eigenvalue weighted by Crippen LogP contribution is 2.35. The van der Waals surface area contributed by atoms with Crippen molar-refractivity contribution in [2.75, 3.05) is 24.7 Å². The van der Waals surface area contributed by atoms with Crippen molar-refractivity contribution in [3.63, 3.8) is 0 Å². The molecule has 0 amide bonds. The first kappa shape index (κ1) is 14.2. The van der Waals surface area contributed by atoms with E-state index in [1.165, 1.54) is 0 Å². The van der Waals surface area contributed by atoms with Gasteiger partial charge in [-0.15, -0.1) is 0 Å². The third kappa shape index (κ3) is 3.03. The van der Waals surface area contributed by atoms with Gasteiger partial charge in [0.25, 0.3) is 0 Å². The van der Waals surface area contributed by atoms with Crippen LogP contribution in [-0.4, -0.2) is 35.7 Å². The molecule has 1 fully saturated rings. The number of halogens is 1. The summed E-state index contributed by atoms with van der Waals surface area (Å²) in [6.45, 7) is 4.07. The first-order valence-electron chi connectivity index (χ1n) is 6.28. The van der Waals surface area contributed by atoms with Crippen molar-refractivity contribution < 1.29 is 9.66 Å². The number of ether oxygens (including phenoxy) is 1. The van der Waals surface area contributed by atoms with E-state index in [1.54, 1.807) is 12.3 Å². The lowest BCUT2D eigenvalue weighted by molar-refractivity contribution is -0.385. The quantitative estimate of drug-likeness (QED) is 0.627. The summed E-state index contributed by atoms with van der Waals surface area (Å²) in [6, 6.07) is 1.85. The predicted molar refractivity (Wildman–Crippen MR) is 75.5 cm³/mol. The van der Waals surface area contributed by atoms with Crippen LogP contribution in [0.1, 0.15) is 19.8 Å². The average molecular weight is 330 g/mol. The smallest absolute Gasteiger partial charge is 0.325 e. The van der Waals surface area contributed by atoms with E-state index in [0.717, 1.165) is 12.8 Å². The summed E-state index contributed by atoms with van der Waals surface area (Å²) in [7, 11) is 0. The minimum absolute atomic E-state index is 0.0378. The Morgan fingerprint density at radius 1 is 1.58 bits per heavy atom. The van der Waals surface area contributed by atoms with E-state index >= 15 is 0 Å². The van der Waals surface area contributed by atoms with Crippen LogP contribution in [0.2, 0.25) is 0 Å². The number of nitrogens with zero attached hydrogens (tertiary/aromatic N) is 3. The van der Waals surface area contributed by atoms with Crippen LogP contribution in [-0.2, 0) is 4.74 Å². The van der Waals surface area contributed by atoms with Crippen LogP contribution < -0.4 is 4.90 Å². The zero-order chi connectivity index (χ0) is 13.8. The lowest BCUT2D eigenvalue weighted by Crippen LogP contribution is -2.40. The molecule has 104 valence electrons. The molecule has 1 aromatic rings. The molecule has 2 heterocycles. The van der Waals surface area contributed by atoms with Gasteiger partial charge in [0, 0.05) is 32.0 Å². The highest BCUT2D eigenvalue weighted by atomic mass is 79.9. The molecule has 1 aromatic heterocycles. The van der Waals surface area contributed by atoms with Gasteiger partial charge in [0.2, 0.25) is 5.82 Å². The van der Waals surface area contributed by atoms with Crippen molar-refractivity contribution >= 4 is 27.4 Å². The molecule has 2 rings (SSSR count). The van der Waals surface area contributed by atoms with E-state index in [4.69, 9.17) is 4.74 Å². The highest BCUT2D eigenvalue weighted by Gasteiger charge is 2.29. The van der Waals surface area contributed by atoms with Gasteiger partial charge in [0.05, 0.1) is 4.92 Å².